The van der Waals surface area contributed by atoms with Gasteiger partial charge in [0.05, 0.1) is 17.2 Å². The van der Waals surface area contributed by atoms with Gasteiger partial charge in [-0.2, -0.15) is 0 Å². The molecule has 3 aromatic rings. The predicted octanol–water partition coefficient (Wildman–Crippen LogP) is 3.30. The van der Waals surface area contributed by atoms with E-state index in [9.17, 15) is 4.79 Å². The largest absolute Gasteiger partial charge is 0.307 e. The Morgan fingerprint density at radius 1 is 1.00 bits per heavy atom. The molecule has 0 aliphatic heterocycles. The van der Waals surface area contributed by atoms with Crippen LogP contribution in [-0.4, -0.2) is 22.4 Å². The zero-order valence-corrected chi connectivity index (χ0v) is 11.7. The molecule has 1 aromatic heterocycles. The third kappa shape index (κ3) is 2.60. The summed E-state index contributed by atoms with van der Waals surface area (Å²) in [6.07, 6.45) is 1.54. The number of para-hydroxylation sites is 3. The fraction of sp³-hybridized carbons (Fsp3) is 0.118. The number of amides is 1. The Balaban J connectivity index is 1.98. The first kappa shape index (κ1) is 13.2. The molecule has 0 atom stereocenters. The molecule has 104 valence electrons. The van der Waals surface area contributed by atoms with Gasteiger partial charge in [-0.1, -0.05) is 30.3 Å². The van der Waals surface area contributed by atoms with Crippen LogP contribution in [-0.2, 0) is 0 Å². The van der Waals surface area contributed by atoms with Crippen LogP contribution >= 0.6 is 0 Å². The van der Waals surface area contributed by atoms with Crippen molar-refractivity contribution in [2.24, 2.45) is 0 Å². The van der Waals surface area contributed by atoms with Crippen molar-refractivity contribution in [2.45, 2.75) is 6.92 Å². The highest BCUT2D eigenvalue weighted by Crippen LogP contribution is 2.16. The molecule has 1 heterocycles. The molecule has 0 spiro atoms. The summed E-state index contributed by atoms with van der Waals surface area (Å²) in [5.74, 6) is -0.137. The Labute approximate surface area is 123 Å². The van der Waals surface area contributed by atoms with Gasteiger partial charge in [0.2, 0.25) is 0 Å². The maximum atomic E-state index is 12.6. The van der Waals surface area contributed by atoms with E-state index in [0.29, 0.717) is 12.2 Å². The van der Waals surface area contributed by atoms with E-state index in [4.69, 9.17) is 0 Å². The average Bonchev–Trinajstić information content (AvgIpc) is 2.56. The molecule has 0 bridgehead atoms. The van der Waals surface area contributed by atoms with Crippen LogP contribution in [0.5, 0.6) is 0 Å². The first-order valence-electron chi connectivity index (χ1n) is 6.88. The number of benzene rings is 2. The molecule has 1 amide bonds. The summed E-state index contributed by atoms with van der Waals surface area (Å²) in [7, 11) is 0. The standard InChI is InChI=1S/C17H15N3O/c1-2-20(13-8-4-3-5-9-13)17(21)16-12-18-14-10-6-7-11-15(14)19-16/h3-12H,2H2,1H3. The lowest BCUT2D eigenvalue weighted by molar-refractivity contribution is 0.0983. The number of carbonyl (C=O) groups excluding carboxylic acids is 1. The molecule has 0 N–H and O–H groups in total. The fourth-order valence-corrected chi connectivity index (χ4v) is 2.25. The molecule has 4 nitrogen and oxygen atoms in total. The summed E-state index contributed by atoms with van der Waals surface area (Å²) in [4.78, 5) is 23.1. The number of rotatable bonds is 3. The second-order valence-corrected chi connectivity index (χ2v) is 4.63. The van der Waals surface area contributed by atoms with Crippen LogP contribution < -0.4 is 4.90 Å². The quantitative estimate of drug-likeness (QED) is 0.738. The van der Waals surface area contributed by atoms with Crippen molar-refractivity contribution in [1.29, 1.82) is 0 Å². The van der Waals surface area contributed by atoms with E-state index in [1.807, 2.05) is 61.5 Å². The molecule has 0 unspecified atom stereocenters. The monoisotopic (exact) mass is 277 g/mol. The Morgan fingerprint density at radius 3 is 2.38 bits per heavy atom. The maximum absolute atomic E-state index is 12.6. The van der Waals surface area contributed by atoms with Crippen molar-refractivity contribution in [2.75, 3.05) is 11.4 Å². The van der Waals surface area contributed by atoms with Gasteiger partial charge in [-0.15, -0.1) is 0 Å². The highest BCUT2D eigenvalue weighted by molar-refractivity contribution is 6.05. The fourth-order valence-electron chi connectivity index (χ4n) is 2.25. The van der Waals surface area contributed by atoms with Gasteiger partial charge in [0, 0.05) is 12.2 Å². The molecule has 0 aliphatic carbocycles. The van der Waals surface area contributed by atoms with Crippen molar-refractivity contribution >= 4 is 22.6 Å². The number of hydrogen-bond donors (Lipinski definition) is 0. The normalized spacial score (nSPS) is 10.5. The van der Waals surface area contributed by atoms with Gasteiger partial charge in [0.1, 0.15) is 5.69 Å². The number of aromatic nitrogens is 2. The zero-order valence-electron chi connectivity index (χ0n) is 11.7. The molecular formula is C17H15N3O. The van der Waals surface area contributed by atoms with Crippen LogP contribution in [0.2, 0.25) is 0 Å². The Morgan fingerprint density at radius 2 is 1.67 bits per heavy atom. The van der Waals surface area contributed by atoms with Crippen LogP contribution in [0, 0.1) is 0 Å². The zero-order chi connectivity index (χ0) is 14.7. The minimum atomic E-state index is -0.137. The summed E-state index contributed by atoms with van der Waals surface area (Å²) in [6, 6.07) is 17.1. The van der Waals surface area contributed by atoms with Crippen LogP contribution in [0.15, 0.2) is 60.8 Å². The summed E-state index contributed by atoms with van der Waals surface area (Å²) >= 11 is 0. The topological polar surface area (TPSA) is 46.1 Å². The number of anilines is 1. The van der Waals surface area contributed by atoms with E-state index in [0.717, 1.165) is 16.7 Å². The second-order valence-electron chi connectivity index (χ2n) is 4.63. The van der Waals surface area contributed by atoms with Crippen LogP contribution in [0.4, 0.5) is 5.69 Å². The Kier molecular flexibility index (Phi) is 3.60. The molecule has 3 rings (SSSR count). The molecular weight excluding hydrogens is 262 g/mol. The predicted molar refractivity (Wildman–Crippen MR) is 83.3 cm³/mol. The lowest BCUT2D eigenvalue weighted by atomic mass is 10.2. The molecule has 0 saturated carbocycles. The molecule has 0 aliphatic rings. The SMILES string of the molecule is CCN(C(=O)c1cnc2ccccc2n1)c1ccccc1. The Hall–Kier alpha value is -2.75. The molecule has 0 saturated heterocycles. The van der Waals surface area contributed by atoms with E-state index < -0.39 is 0 Å². The molecule has 0 fully saturated rings. The number of hydrogen-bond acceptors (Lipinski definition) is 3. The van der Waals surface area contributed by atoms with E-state index in [1.54, 1.807) is 4.90 Å². The highest BCUT2D eigenvalue weighted by Gasteiger charge is 2.17. The minimum Gasteiger partial charge on any atom is -0.307 e. The summed E-state index contributed by atoms with van der Waals surface area (Å²) in [5.41, 5.74) is 2.74. The smallest absolute Gasteiger partial charge is 0.278 e. The number of nitrogens with zero attached hydrogens (tertiary/aromatic N) is 3. The van der Waals surface area contributed by atoms with Crippen molar-refractivity contribution in [1.82, 2.24) is 9.97 Å². The molecule has 0 radical (unpaired) electrons. The maximum Gasteiger partial charge on any atom is 0.278 e. The van der Waals surface area contributed by atoms with E-state index in [-0.39, 0.29) is 5.91 Å². The second kappa shape index (κ2) is 5.71. The third-order valence-electron chi connectivity index (χ3n) is 3.30. The first-order valence-corrected chi connectivity index (χ1v) is 6.88. The molecule has 2 aromatic carbocycles. The number of carbonyl (C=O) groups is 1. The van der Waals surface area contributed by atoms with Crippen LogP contribution in [0.1, 0.15) is 17.4 Å². The minimum absolute atomic E-state index is 0.137. The lowest BCUT2D eigenvalue weighted by Crippen LogP contribution is -2.31. The van der Waals surface area contributed by atoms with Gasteiger partial charge in [0.15, 0.2) is 0 Å². The number of fused-ring (bicyclic) bond motifs is 1. The van der Waals surface area contributed by atoms with E-state index in [1.165, 1.54) is 6.20 Å². The van der Waals surface area contributed by atoms with Crippen LogP contribution in [0.25, 0.3) is 11.0 Å². The van der Waals surface area contributed by atoms with Crippen molar-refractivity contribution in [3.8, 4) is 0 Å². The average molecular weight is 277 g/mol. The summed E-state index contributed by atoms with van der Waals surface area (Å²) < 4.78 is 0. The van der Waals surface area contributed by atoms with Gasteiger partial charge in [0.25, 0.3) is 5.91 Å². The lowest BCUT2D eigenvalue weighted by Gasteiger charge is -2.20. The van der Waals surface area contributed by atoms with Gasteiger partial charge in [-0.25, -0.2) is 4.98 Å². The first-order chi connectivity index (χ1) is 10.3. The van der Waals surface area contributed by atoms with Crippen molar-refractivity contribution in [3.63, 3.8) is 0 Å². The third-order valence-corrected chi connectivity index (χ3v) is 3.30. The summed E-state index contributed by atoms with van der Waals surface area (Å²) in [6.45, 7) is 2.52. The Bertz CT molecular complexity index is 771. The van der Waals surface area contributed by atoms with Gasteiger partial charge < -0.3 is 4.90 Å². The van der Waals surface area contributed by atoms with Crippen LogP contribution in [0.3, 0.4) is 0 Å². The van der Waals surface area contributed by atoms with Gasteiger partial charge in [-0.3, -0.25) is 9.78 Å². The van der Waals surface area contributed by atoms with E-state index in [2.05, 4.69) is 9.97 Å². The highest BCUT2D eigenvalue weighted by atomic mass is 16.2. The van der Waals surface area contributed by atoms with E-state index >= 15 is 0 Å². The van der Waals surface area contributed by atoms with Gasteiger partial charge >= 0.3 is 0 Å². The van der Waals surface area contributed by atoms with Crippen molar-refractivity contribution in [3.05, 3.63) is 66.5 Å². The summed E-state index contributed by atoms with van der Waals surface area (Å²) in [5, 5.41) is 0. The van der Waals surface area contributed by atoms with Gasteiger partial charge in [-0.05, 0) is 31.2 Å². The molecule has 21 heavy (non-hydrogen) atoms. The van der Waals surface area contributed by atoms with Crippen molar-refractivity contribution < 1.29 is 4.79 Å². The molecule has 4 heteroatoms.